The Balaban J connectivity index is 1.65. The number of rotatable bonds is 6. The molecule has 3 rings (SSSR count). The average molecular weight is 359 g/mol. The lowest BCUT2D eigenvalue weighted by molar-refractivity contribution is -0.142. The fourth-order valence-electron chi connectivity index (χ4n) is 4.02. The molecule has 2 heterocycles. The third-order valence-electron chi connectivity index (χ3n) is 5.39. The molecule has 26 heavy (non-hydrogen) atoms. The molecule has 0 amide bonds. The smallest absolute Gasteiger partial charge is 0.309 e. The van der Waals surface area contributed by atoms with Crippen molar-refractivity contribution < 1.29 is 14.6 Å². The molecule has 1 N–H and O–H groups in total. The molecular weight excluding hydrogens is 330 g/mol. The van der Waals surface area contributed by atoms with Crippen molar-refractivity contribution in [3.63, 3.8) is 0 Å². The van der Waals surface area contributed by atoms with Crippen LogP contribution in [0.25, 0.3) is 0 Å². The molecule has 2 fully saturated rings. The van der Waals surface area contributed by atoms with Crippen LogP contribution >= 0.6 is 0 Å². The number of methoxy groups -OCH3 is 1. The molecule has 6 nitrogen and oxygen atoms in total. The van der Waals surface area contributed by atoms with Gasteiger partial charge in [-0.2, -0.15) is 0 Å². The molecule has 1 aromatic carbocycles. The number of nitrogens with zero attached hydrogens (tertiary/aromatic N) is 3. The van der Waals surface area contributed by atoms with Crippen molar-refractivity contribution in [2.45, 2.75) is 12.6 Å². The molecule has 2 unspecified atom stereocenters. The fourth-order valence-corrected chi connectivity index (χ4v) is 4.02. The number of carbonyl (C=O) groups is 1. The Bertz CT molecular complexity index is 619. The first-order valence-electron chi connectivity index (χ1n) is 9.24. The molecule has 2 aliphatic rings. The van der Waals surface area contributed by atoms with E-state index < -0.39 is 5.97 Å². The van der Waals surface area contributed by atoms with Crippen molar-refractivity contribution in [2.24, 2.45) is 5.92 Å². The summed E-state index contributed by atoms with van der Waals surface area (Å²) >= 11 is 0. The Hall–Kier alpha value is -1.89. The topological polar surface area (TPSA) is 56.3 Å². The molecule has 0 saturated carbocycles. The van der Waals surface area contributed by atoms with Crippen LogP contribution in [0.5, 0.6) is 5.75 Å². The number of hydrogen-bond donors (Lipinski definition) is 1. The van der Waals surface area contributed by atoms with E-state index in [9.17, 15) is 9.90 Å². The van der Waals surface area contributed by atoms with Gasteiger partial charge < -0.3 is 9.84 Å². The molecule has 2 atom stereocenters. The van der Waals surface area contributed by atoms with Crippen LogP contribution in [0.1, 0.15) is 5.56 Å². The number of fused-ring (bicyclic) bond motifs is 1. The Morgan fingerprint density at radius 2 is 1.92 bits per heavy atom. The lowest BCUT2D eigenvalue weighted by atomic mass is 10.1. The van der Waals surface area contributed by atoms with E-state index in [0.717, 1.165) is 45.0 Å². The van der Waals surface area contributed by atoms with Gasteiger partial charge in [0.1, 0.15) is 5.75 Å². The van der Waals surface area contributed by atoms with Gasteiger partial charge in [-0.3, -0.25) is 19.5 Å². The monoisotopic (exact) mass is 359 g/mol. The number of carboxylic acid groups (broad SMARTS) is 1. The Labute approximate surface area is 155 Å². The van der Waals surface area contributed by atoms with Crippen LogP contribution in [0.15, 0.2) is 36.9 Å². The highest BCUT2D eigenvalue weighted by Crippen LogP contribution is 2.21. The van der Waals surface area contributed by atoms with Crippen LogP contribution in [-0.2, 0) is 11.3 Å². The molecule has 0 aliphatic carbocycles. The van der Waals surface area contributed by atoms with Gasteiger partial charge in [0, 0.05) is 58.4 Å². The molecule has 0 spiro atoms. The molecule has 2 saturated heterocycles. The summed E-state index contributed by atoms with van der Waals surface area (Å²) in [5.41, 5.74) is 1.28. The Morgan fingerprint density at radius 3 is 2.58 bits per heavy atom. The quantitative estimate of drug-likeness (QED) is 0.775. The number of aliphatic carboxylic acids is 1. The summed E-state index contributed by atoms with van der Waals surface area (Å²) in [4.78, 5) is 18.7. The first-order chi connectivity index (χ1) is 12.6. The lowest BCUT2D eigenvalue weighted by Crippen LogP contribution is -2.55. The van der Waals surface area contributed by atoms with Gasteiger partial charge in [0.05, 0.1) is 13.0 Å². The summed E-state index contributed by atoms with van der Waals surface area (Å²) in [7, 11) is 1.68. The number of hydrogen-bond acceptors (Lipinski definition) is 5. The Morgan fingerprint density at radius 1 is 1.19 bits per heavy atom. The lowest BCUT2D eigenvalue weighted by Gasteiger charge is -2.41. The van der Waals surface area contributed by atoms with Crippen LogP contribution in [0, 0.1) is 5.92 Å². The first kappa shape index (κ1) is 18.9. The minimum absolute atomic E-state index is 0.326. The molecule has 0 aromatic heterocycles. The molecule has 2 aliphatic heterocycles. The summed E-state index contributed by atoms with van der Waals surface area (Å²) in [6.07, 6.45) is 1.87. The minimum Gasteiger partial charge on any atom is -0.497 e. The van der Waals surface area contributed by atoms with Crippen molar-refractivity contribution >= 4 is 5.97 Å². The predicted molar refractivity (Wildman–Crippen MR) is 101 cm³/mol. The maximum absolute atomic E-state index is 11.6. The molecule has 142 valence electrons. The van der Waals surface area contributed by atoms with Gasteiger partial charge in [0.25, 0.3) is 0 Å². The molecule has 0 radical (unpaired) electrons. The van der Waals surface area contributed by atoms with Crippen LogP contribution in [-0.4, -0.2) is 84.7 Å². The van der Waals surface area contributed by atoms with E-state index in [1.165, 1.54) is 5.56 Å². The van der Waals surface area contributed by atoms with Crippen molar-refractivity contribution in [1.82, 2.24) is 14.7 Å². The van der Waals surface area contributed by atoms with E-state index in [4.69, 9.17) is 4.74 Å². The van der Waals surface area contributed by atoms with Crippen molar-refractivity contribution in [3.05, 3.63) is 42.5 Å². The Kier molecular flexibility index (Phi) is 6.29. The third kappa shape index (κ3) is 4.63. The highest BCUT2D eigenvalue weighted by atomic mass is 16.5. The molecule has 0 bridgehead atoms. The summed E-state index contributed by atoms with van der Waals surface area (Å²) in [6.45, 7) is 10.5. The van der Waals surface area contributed by atoms with Gasteiger partial charge in [-0.25, -0.2) is 0 Å². The van der Waals surface area contributed by atoms with E-state index in [2.05, 4.69) is 33.4 Å². The van der Waals surface area contributed by atoms with Crippen LogP contribution < -0.4 is 4.74 Å². The minimum atomic E-state index is -0.694. The van der Waals surface area contributed by atoms with E-state index in [0.29, 0.717) is 19.1 Å². The average Bonchev–Trinajstić information content (AvgIpc) is 2.81. The second-order valence-corrected chi connectivity index (χ2v) is 7.27. The number of piperazine rings is 1. The zero-order valence-electron chi connectivity index (χ0n) is 15.5. The second kappa shape index (κ2) is 8.66. The predicted octanol–water partition coefficient (Wildman–Crippen LogP) is 1.38. The molecule has 1 aromatic rings. The van der Waals surface area contributed by atoms with Gasteiger partial charge in [-0.05, 0) is 17.7 Å². The van der Waals surface area contributed by atoms with Crippen molar-refractivity contribution in [2.75, 3.05) is 52.9 Å². The van der Waals surface area contributed by atoms with E-state index >= 15 is 0 Å². The van der Waals surface area contributed by atoms with E-state index in [1.807, 2.05) is 18.2 Å². The normalized spacial score (nSPS) is 25.3. The van der Waals surface area contributed by atoms with Crippen LogP contribution in [0.3, 0.4) is 0 Å². The maximum atomic E-state index is 11.6. The highest BCUT2D eigenvalue weighted by Gasteiger charge is 2.35. The van der Waals surface area contributed by atoms with E-state index in [-0.39, 0.29) is 5.92 Å². The van der Waals surface area contributed by atoms with Gasteiger partial charge in [-0.1, -0.05) is 18.2 Å². The third-order valence-corrected chi connectivity index (χ3v) is 5.39. The van der Waals surface area contributed by atoms with Gasteiger partial charge in [-0.15, -0.1) is 6.58 Å². The van der Waals surface area contributed by atoms with Crippen LogP contribution in [0.2, 0.25) is 0 Å². The van der Waals surface area contributed by atoms with Gasteiger partial charge in [0.15, 0.2) is 0 Å². The van der Waals surface area contributed by atoms with Crippen molar-refractivity contribution in [3.8, 4) is 5.75 Å². The number of benzene rings is 1. The van der Waals surface area contributed by atoms with E-state index in [1.54, 1.807) is 7.11 Å². The largest absolute Gasteiger partial charge is 0.497 e. The van der Waals surface area contributed by atoms with Crippen molar-refractivity contribution in [1.29, 1.82) is 0 Å². The second-order valence-electron chi connectivity index (χ2n) is 7.27. The van der Waals surface area contributed by atoms with Gasteiger partial charge in [0.2, 0.25) is 0 Å². The first-order valence-corrected chi connectivity index (χ1v) is 9.24. The molecule has 6 heteroatoms. The standard InChI is InChI=1S/C20H29N3O3/c1-3-8-21-12-17(20(24)25)13-23-10-9-22(15-18(23)14-21)11-16-4-6-19(26-2)7-5-16/h3-7,17-18H,1,8-15H2,2H3,(H,24,25). The van der Waals surface area contributed by atoms with Crippen LogP contribution in [0.4, 0.5) is 0 Å². The SMILES string of the molecule is C=CCN1CC(C(=O)O)CN2CCN(Cc3ccc(OC)cc3)CC2C1. The summed E-state index contributed by atoms with van der Waals surface area (Å²) in [5.74, 6) is -0.143. The fraction of sp³-hybridized carbons (Fsp3) is 0.550. The summed E-state index contributed by atoms with van der Waals surface area (Å²) in [6, 6.07) is 8.60. The zero-order valence-corrected chi connectivity index (χ0v) is 15.5. The van der Waals surface area contributed by atoms with Gasteiger partial charge >= 0.3 is 5.97 Å². The number of ether oxygens (including phenoxy) is 1. The summed E-state index contributed by atoms with van der Waals surface area (Å²) in [5, 5.41) is 9.53. The summed E-state index contributed by atoms with van der Waals surface area (Å²) < 4.78 is 5.23. The number of carboxylic acids is 1. The highest BCUT2D eigenvalue weighted by molar-refractivity contribution is 5.70. The zero-order chi connectivity index (χ0) is 18.5. The molecular formula is C20H29N3O3. The maximum Gasteiger partial charge on any atom is 0.309 e.